The molecule has 50 valence electrons. The minimum atomic E-state index is -0.338. The molecule has 8 heavy (non-hydrogen) atoms. The van der Waals surface area contributed by atoms with Crippen LogP contribution in [0.5, 0.6) is 0 Å². The molecule has 0 saturated carbocycles. The fraction of sp³-hybridized carbons (Fsp3) is 1.00. The lowest BCUT2D eigenvalue weighted by Gasteiger charge is -2.03. The van der Waals surface area contributed by atoms with E-state index in [9.17, 15) is 0 Å². The van der Waals surface area contributed by atoms with Crippen LogP contribution in [-0.2, 0) is 4.18 Å². The van der Waals surface area contributed by atoms with Gasteiger partial charge in [-0.1, -0.05) is 18.6 Å². The van der Waals surface area contributed by atoms with Gasteiger partial charge in [0.2, 0.25) is 0 Å². The summed E-state index contributed by atoms with van der Waals surface area (Å²) in [5.74, 6) is 0. The van der Waals surface area contributed by atoms with Gasteiger partial charge in [0.15, 0.2) is 0 Å². The lowest BCUT2D eigenvalue weighted by Crippen LogP contribution is -2.10. The van der Waals surface area contributed by atoms with Gasteiger partial charge in [-0.05, 0) is 6.42 Å². The second-order valence-electron chi connectivity index (χ2n) is 1.42. The summed E-state index contributed by atoms with van der Waals surface area (Å²) in [5.41, 5.74) is 0. The molecule has 4 heteroatoms. The molecule has 1 unspecified atom stereocenters. The van der Waals surface area contributed by atoms with E-state index in [0.29, 0.717) is 6.61 Å². The minimum absolute atomic E-state index is 0.338. The fourth-order valence-electron chi connectivity index (χ4n) is 0.227. The maximum absolute atomic E-state index is 8.82. The zero-order valence-electron chi connectivity index (χ0n) is 4.70. The number of thiol groups is 1. The predicted molar refractivity (Wildman–Crippen MR) is 38.8 cm³/mol. The van der Waals surface area contributed by atoms with Gasteiger partial charge < -0.3 is 9.29 Å². The molecule has 0 heterocycles. The predicted octanol–water partition coefficient (Wildman–Crippen LogP) is 1.27. The Bertz CT molecular complexity index is 51.3. The molecule has 0 radical (unpaired) electrons. The number of rotatable bonds is 4. The fourth-order valence-corrected chi connectivity index (χ4v) is 0.627. The topological polar surface area (TPSA) is 29.5 Å². The maximum atomic E-state index is 8.82. The van der Waals surface area contributed by atoms with Crippen molar-refractivity contribution in [2.45, 2.75) is 19.4 Å². The smallest absolute Gasteiger partial charge is 0.0883 e. The lowest BCUT2D eigenvalue weighted by molar-refractivity contribution is 0.116. The Morgan fingerprint density at radius 1 is 1.88 bits per heavy atom. The van der Waals surface area contributed by atoms with E-state index in [4.69, 9.17) is 9.29 Å². The number of aliphatic hydroxyl groups is 1. The molecule has 0 spiro atoms. The van der Waals surface area contributed by atoms with Gasteiger partial charge in [0.05, 0.1) is 23.8 Å². The van der Waals surface area contributed by atoms with Crippen molar-refractivity contribution in [1.82, 2.24) is 0 Å². The van der Waals surface area contributed by atoms with Gasteiger partial charge in [-0.25, -0.2) is 0 Å². The van der Waals surface area contributed by atoms with Crippen molar-refractivity contribution >= 4 is 22.7 Å². The molecule has 1 N–H and O–H groups in total. The van der Waals surface area contributed by atoms with Gasteiger partial charge in [-0.3, -0.25) is 0 Å². The van der Waals surface area contributed by atoms with Crippen LogP contribution in [0.15, 0.2) is 0 Å². The Kier molecular flexibility index (Phi) is 6.20. The van der Waals surface area contributed by atoms with Crippen molar-refractivity contribution < 1.29 is 9.29 Å². The highest BCUT2D eigenvalue weighted by atomic mass is 33.1. The molecule has 0 saturated heterocycles. The molecule has 0 bridgehead atoms. The molecular formula is C4H10O2S2. The Labute approximate surface area is 58.6 Å². The Balaban J connectivity index is 2.86. The van der Waals surface area contributed by atoms with Crippen molar-refractivity contribution in [3.63, 3.8) is 0 Å². The van der Waals surface area contributed by atoms with E-state index in [2.05, 4.69) is 11.7 Å². The van der Waals surface area contributed by atoms with Gasteiger partial charge in [0.25, 0.3) is 0 Å². The summed E-state index contributed by atoms with van der Waals surface area (Å²) in [6.45, 7) is 2.27. The zero-order valence-corrected chi connectivity index (χ0v) is 6.41. The lowest BCUT2D eigenvalue weighted by atomic mass is 10.3. The minimum Gasteiger partial charge on any atom is -0.391 e. The molecule has 0 aromatic rings. The first-order valence-electron chi connectivity index (χ1n) is 2.42. The average molecular weight is 154 g/mol. The summed E-state index contributed by atoms with van der Waals surface area (Å²) < 4.78 is 4.72. The third-order valence-corrected chi connectivity index (χ3v) is 1.34. The first-order valence-corrected chi connectivity index (χ1v) is 4.21. The molecule has 0 rings (SSSR count). The van der Waals surface area contributed by atoms with E-state index in [1.165, 1.54) is 0 Å². The Hall–Kier alpha value is 0.620. The first kappa shape index (κ1) is 8.62. The zero-order chi connectivity index (χ0) is 6.41. The van der Waals surface area contributed by atoms with Crippen LogP contribution in [0.25, 0.3) is 0 Å². The van der Waals surface area contributed by atoms with Crippen LogP contribution in [0.2, 0.25) is 0 Å². The van der Waals surface area contributed by atoms with E-state index in [1.54, 1.807) is 0 Å². The van der Waals surface area contributed by atoms with Crippen molar-refractivity contribution in [2.75, 3.05) is 6.61 Å². The van der Waals surface area contributed by atoms with E-state index >= 15 is 0 Å². The summed E-state index contributed by atoms with van der Waals surface area (Å²) in [6.07, 6.45) is 0.392. The quantitative estimate of drug-likeness (QED) is 0.363. The van der Waals surface area contributed by atoms with Crippen molar-refractivity contribution in [3.8, 4) is 0 Å². The molecule has 0 aromatic carbocycles. The summed E-state index contributed by atoms with van der Waals surface area (Å²) in [5, 5.41) is 8.82. The molecule has 0 aromatic heterocycles. The van der Waals surface area contributed by atoms with Crippen LogP contribution in [0.4, 0.5) is 0 Å². The van der Waals surface area contributed by atoms with Crippen LogP contribution in [0.3, 0.4) is 0 Å². The Morgan fingerprint density at radius 3 is 2.88 bits per heavy atom. The van der Waals surface area contributed by atoms with Gasteiger partial charge in [-0.15, -0.1) is 0 Å². The number of hydrogen-bond donors (Lipinski definition) is 2. The molecule has 0 aliphatic rings. The average Bonchev–Trinajstić information content (AvgIpc) is 1.83. The standard InChI is InChI=1S/C4H10O2S2/c1-2-4(5)3-6-8-7/h4-5,7H,2-3H2,1H3. The molecule has 1 atom stereocenters. The molecule has 0 aliphatic heterocycles. The van der Waals surface area contributed by atoms with E-state index in [0.717, 1.165) is 17.5 Å². The SMILES string of the molecule is CCC(O)COSS. The van der Waals surface area contributed by atoms with Crippen molar-refractivity contribution in [1.29, 1.82) is 0 Å². The molecule has 0 aliphatic carbocycles. The Morgan fingerprint density at radius 2 is 2.50 bits per heavy atom. The summed E-state index contributed by atoms with van der Waals surface area (Å²) >= 11 is 4.70. The van der Waals surface area contributed by atoms with E-state index in [1.807, 2.05) is 6.92 Å². The summed E-state index contributed by atoms with van der Waals surface area (Å²) in [4.78, 5) is 0. The van der Waals surface area contributed by atoms with Crippen molar-refractivity contribution in [3.05, 3.63) is 0 Å². The van der Waals surface area contributed by atoms with Gasteiger partial charge in [0, 0.05) is 0 Å². The second kappa shape index (κ2) is 5.75. The van der Waals surface area contributed by atoms with Crippen molar-refractivity contribution in [2.24, 2.45) is 0 Å². The third kappa shape index (κ3) is 4.77. The van der Waals surface area contributed by atoms with E-state index in [-0.39, 0.29) is 6.10 Å². The van der Waals surface area contributed by atoms with Crippen LogP contribution in [0, 0.1) is 0 Å². The number of aliphatic hydroxyl groups excluding tert-OH is 1. The molecule has 0 amide bonds. The van der Waals surface area contributed by atoms with Crippen LogP contribution in [-0.4, -0.2) is 17.8 Å². The molecule has 2 nitrogen and oxygen atoms in total. The highest BCUT2D eigenvalue weighted by Gasteiger charge is 1.97. The van der Waals surface area contributed by atoms with Crippen LogP contribution < -0.4 is 0 Å². The maximum Gasteiger partial charge on any atom is 0.0883 e. The molecular weight excluding hydrogens is 144 g/mol. The monoisotopic (exact) mass is 154 g/mol. The molecule has 0 fully saturated rings. The third-order valence-electron chi connectivity index (χ3n) is 0.784. The van der Waals surface area contributed by atoms with Crippen LogP contribution in [0.1, 0.15) is 13.3 Å². The highest BCUT2D eigenvalue weighted by molar-refractivity contribution is 8.66. The highest BCUT2D eigenvalue weighted by Crippen LogP contribution is 2.07. The van der Waals surface area contributed by atoms with Gasteiger partial charge >= 0.3 is 0 Å². The second-order valence-corrected chi connectivity index (χ2v) is 2.25. The number of hydrogen-bond acceptors (Lipinski definition) is 4. The van der Waals surface area contributed by atoms with Crippen LogP contribution >= 0.6 is 22.7 Å². The largest absolute Gasteiger partial charge is 0.391 e. The van der Waals surface area contributed by atoms with Gasteiger partial charge in [-0.2, -0.15) is 0 Å². The van der Waals surface area contributed by atoms with Gasteiger partial charge in [0.1, 0.15) is 0 Å². The van der Waals surface area contributed by atoms with E-state index < -0.39 is 0 Å². The first-order chi connectivity index (χ1) is 3.81. The summed E-state index contributed by atoms with van der Waals surface area (Å²) in [6, 6.07) is 0. The normalized spacial score (nSPS) is 13.9. The summed E-state index contributed by atoms with van der Waals surface area (Å²) in [7, 11) is 0.